The topological polar surface area (TPSA) is 52.6 Å². The number of carbonyl (C=O) groups excluding carboxylic acids is 2. The molecule has 0 bridgehead atoms. The van der Waals surface area contributed by atoms with Gasteiger partial charge in [-0.05, 0) is 0 Å². The van der Waals surface area contributed by atoms with Crippen molar-refractivity contribution in [3.05, 3.63) is 11.5 Å². The number of carbonyl (C=O) groups is 2. The van der Waals surface area contributed by atoms with Gasteiger partial charge in [-0.2, -0.15) is 0 Å². The van der Waals surface area contributed by atoms with Crippen LogP contribution in [-0.4, -0.2) is 25.8 Å². The Balaban J connectivity index is 3.02. The number of Topliss-reactive ketones (excluding diaryl/α,β-unsaturated/α-hetero) is 2. The number of methoxy groups -OCH3 is 2. The molecule has 0 fully saturated rings. The van der Waals surface area contributed by atoms with E-state index in [0.717, 1.165) is 0 Å². The second kappa shape index (κ2) is 2.74. The zero-order chi connectivity index (χ0) is 8.43. The van der Waals surface area contributed by atoms with E-state index in [9.17, 15) is 9.59 Å². The van der Waals surface area contributed by atoms with E-state index in [-0.39, 0.29) is 29.5 Å². The van der Waals surface area contributed by atoms with Gasteiger partial charge in [0, 0.05) is 0 Å². The fraction of sp³-hybridized carbons (Fsp3) is 0.429. The van der Waals surface area contributed by atoms with Crippen LogP contribution in [0.1, 0.15) is 6.42 Å². The highest BCUT2D eigenvalue weighted by Crippen LogP contribution is 2.19. The predicted octanol–water partition coefficient (Wildman–Crippen LogP) is 0.0327. The minimum Gasteiger partial charge on any atom is -0.490 e. The van der Waals surface area contributed by atoms with Crippen molar-refractivity contribution in [2.24, 2.45) is 0 Å². The van der Waals surface area contributed by atoms with Gasteiger partial charge in [0.2, 0.25) is 23.1 Å². The van der Waals surface area contributed by atoms with Crippen molar-refractivity contribution in [3.63, 3.8) is 0 Å². The Morgan fingerprint density at radius 2 is 1.36 bits per heavy atom. The van der Waals surface area contributed by atoms with Gasteiger partial charge in [0.15, 0.2) is 0 Å². The second-order valence-electron chi connectivity index (χ2n) is 2.09. The van der Waals surface area contributed by atoms with Crippen LogP contribution >= 0.6 is 0 Å². The van der Waals surface area contributed by atoms with Crippen molar-refractivity contribution in [2.45, 2.75) is 6.42 Å². The van der Waals surface area contributed by atoms with Crippen LogP contribution in [-0.2, 0) is 19.1 Å². The summed E-state index contributed by atoms with van der Waals surface area (Å²) in [4.78, 5) is 21.8. The fourth-order valence-corrected chi connectivity index (χ4v) is 0.973. The first-order valence-corrected chi connectivity index (χ1v) is 3.09. The largest absolute Gasteiger partial charge is 0.490 e. The molecule has 1 rings (SSSR count). The van der Waals surface area contributed by atoms with E-state index >= 15 is 0 Å². The van der Waals surface area contributed by atoms with Gasteiger partial charge in [0.05, 0.1) is 20.6 Å². The standard InChI is InChI=1S/C7H8O4/c1-10-6-4(8)3-5(9)7(6)11-2/h3H2,1-2H3. The lowest BCUT2D eigenvalue weighted by atomic mass is 10.3. The van der Waals surface area contributed by atoms with E-state index in [0.29, 0.717) is 0 Å². The molecular formula is C7H8O4. The lowest BCUT2D eigenvalue weighted by Gasteiger charge is -2.00. The molecule has 0 aliphatic heterocycles. The Kier molecular flexibility index (Phi) is 1.94. The Labute approximate surface area is 63.8 Å². The van der Waals surface area contributed by atoms with Crippen molar-refractivity contribution in [1.82, 2.24) is 0 Å². The first kappa shape index (κ1) is 7.78. The summed E-state index contributed by atoms with van der Waals surface area (Å²) in [5.74, 6) is -0.543. The highest BCUT2D eigenvalue weighted by atomic mass is 16.5. The van der Waals surface area contributed by atoms with Gasteiger partial charge < -0.3 is 9.47 Å². The minimum absolute atomic E-state index is 0.0394. The van der Waals surface area contributed by atoms with Crippen molar-refractivity contribution >= 4 is 11.6 Å². The molecule has 0 radical (unpaired) electrons. The molecule has 60 valence electrons. The maximum atomic E-state index is 10.9. The van der Waals surface area contributed by atoms with Crippen LogP contribution in [0.15, 0.2) is 11.5 Å². The van der Waals surface area contributed by atoms with Crippen LogP contribution in [0.2, 0.25) is 0 Å². The third-order valence-electron chi connectivity index (χ3n) is 1.44. The highest BCUT2D eigenvalue weighted by molar-refractivity contribution is 6.20. The zero-order valence-corrected chi connectivity index (χ0v) is 6.34. The molecule has 0 saturated heterocycles. The summed E-state index contributed by atoms with van der Waals surface area (Å²) in [6.45, 7) is 0. The third-order valence-corrected chi connectivity index (χ3v) is 1.44. The summed E-state index contributed by atoms with van der Waals surface area (Å²) in [6, 6.07) is 0. The Hall–Kier alpha value is -1.32. The maximum absolute atomic E-state index is 10.9. The van der Waals surface area contributed by atoms with Gasteiger partial charge in [0.25, 0.3) is 0 Å². The summed E-state index contributed by atoms with van der Waals surface area (Å²) in [7, 11) is 2.68. The number of ether oxygens (including phenoxy) is 2. The molecule has 0 aromatic heterocycles. The summed E-state index contributed by atoms with van der Waals surface area (Å²) in [6.07, 6.45) is -0.133. The molecule has 1 aliphatic carbocycles. The van der Waals surface area contributed by atoms with E-state index in [2.05, 4.69) is 9.47 Å². The normalized spacial score (nSPS) is 17.6. The molecule has 0 N–H and O–H groups in total. The number of hydrogen-bond donors (Lipinski definition) is 0. The van der Waals surface area contributed by atoms with Crippen LogP contribution in [0.3, 0.4) is 0 Å². The van der Waals surface area contributed by atoms with Crippen LogP contribution in [0.4, 0.5) is 0 Å². The van der Waals surface area contributed by atoms with E-state index in [1.54, 1.807) is 0 Å². The molecule has 11 heavy (non-hydrogen) atoms. The molecule has 0 spiro atoms. The van der Waals surface area contributed by atoms with E-state index in [1.165, 1.54) is 14.2 Å². The molecule has 0 saturated carbocycles. The number of hydrogen-bond acceptors (Lipinski definition) is 4. The molecule has 4 heteroatoms. The molecular weight excluding hydrogens is 148 g/mol. The molecule has 0 aromatic carbocycles. The number of allylic oxidation sites excluding steroid dienone is 2. The first-order chi connectivity index (χ1) is 5.20. The monoisotopic (exact) mass is 156 g/mol. The maximum Gasteiger partial charge on any atom is 0.209 e. The van der Waals surface area contributed by atoms with Gasteiger partial charge in [-0.15, -0.1) is 0 Å². The van der Waals surface area contributed by atoms with E-state index < -0.39 is 0 Å². The first-order valence-electron chi connectivity index (χ1n) is 3.09. The quantitative estimate of drug-likeness (QED) is 0.529. The lowest BCUT2D eigenvalue weighted by molar-refractivity contribution is -0.122. The van der Waals surface area contributed by atoms with Crippen molar-refractivity contribution in [2.75, 3.05) is 14.2 Å². The lowest BCUT2D eigenvalue weighted by Crippen LogP contribution is -1.98. The summed E-state index contributed by atoms with van der Waals surface area (Å²) in [5, 5.41) is 0. The molecule has 0 aromatic rings. The van der Waals surface area contributed by atoms with Crippen molar-refractivity contribution in [1.29, 1.82) is 0 Å². The van der Waals surface area contributed by atoms with Crippen molar-refractivity contribution < 1.29 is 19.1 Å². The zero-order valence-electron chi connectivity index (χ0n) is 6.34. The van der Waals surface area contributed by atoms with Crippen LogP contribution < -0.4 is 0 Å². The molecule has 1 aliphatic rings. The molecule has 0 atom stereocenters. The second-order valence-corrected chi connectivity index (χ2v) is 2.09. The summed E-state index contributed by atoms with van der Waals surface area (Å²) < 4.78 is 9.36. The average molecular weight is 156 g/mol. The summed E-state index contributed by atoms with van der Waals surface area (Å²) >= 11 is 0. The van der Waals surface area contributed by atoms with Crippen molar-refractivity contribution in [3.8, 4) is 0 Å². The smallest absolute Gasteiger partial charge is 0.209 e. The van der Waals surface area contributed by atoms with Gasteiger partial charge >= 0.3 is 0 Å². The molecule has 0 unspecified atom stereocenters. The average Bonchev–Trinajstić information content (AvgIpc) is 2.24. The van der Waals surface area contributed by atoms with Gasteiger partial charge in [-0.1, -0.05) is 0 Å². The summed E-state index contributed by atoms with van der Waals surface area (Å²) in [5.41, 5.74) is 0. The minimum atomic E-state index is -0.311. The SMILES string of the molecule is COC1=C(OC)C(=O)CC1=O. The highest BCUT2D eigenvalue weighted by Gasteiger charge is 2.32. The van der Waals surface area contributed by atoms with Crippen LogP contribution in [0.25, 0.3) is 0 Å². The predicted molar refractivity (Wildman–Crippen MR) is 35.7 cm³/mol. The number of rotatable bonds is 2. The fourth-order valence-electron chi connectivity index (χ4n) is 0.973. The third kappa shape index (κ3) is 1.11. The Morgan fingerprint density at radius 3 is 1.64 bits per heavy atom. The van der Waals surface area contributed by atoms with Crippen LogP contribution in [0.5, 0.6) is 0 Å². The van der Waals surface area contributed by atoms with Gasteiger partial charge in [-0.3, -0.25) is 9.59 Å². The van der Waals surface area contributed by atoms with E-state index in [1.807, 2.05) is 0 Å². The number of ketones is 2. The Bertz CT molecular complexity index is 215. The molecule has 4 nitrogen and oxygen atoms in total. The molecule has 0 heterocycles. The van der Waals surface area contributed by atoms with Crippen LogP contribution in [0, 0.1) is 0 Å². The van der Waals surface area contributed by atoms with Gasteiger partial charge in [-0.25, -0.2) is 0 Å². The van der Waals surface area contributed by atoms with E-state index in [4.69, 9.17) is 0 Å². The molecule has 0 amide bonds. The Morgan fingerprint density at radius 1 is 1.00 bits per heavy atom. The van der Waals surface area contributed by atoms with Gasteiger partial charge in [0.1, 0.15) is 0 Å².